The molecule has 1 aliphatic rings. The summed E-state index contributed by atoms with van der Waals surface area (Å²) < 4.78 is 5.66. The first-order valence-corrected chi connectivity index (χ1v) is 9.27. The average Bonchev–Trinajstić information content (AvgIpc) is 3.24. The first kappa shape index (κ1) is 16.4. The first-order chi connectivity index (χ1) is 12.1. The van der Waals surface area contributed by atoms with Gasteiger partial charge in [-0.15, -0.1) is 11.3 Å². The van der Waals surface area contributed by atoms with Gasteiger partial charge in [-0.3, -0.25) is 4.79 Å². The number of aryl methyl sites for hydroxylation is 1. The maximum absolute atomic E-state index is 12.6. The highest BCUT2D eigenvalue weighted by molar-refractivity contribution is 7.14. The van der Waals surface area contributed by atoms with Crippen molar-refractivity contribution in [3.8, 4) is 0 Å². The third kappa shape index (κ3) is 3.25. The van der Waals surface area contributed by atoms with Gasteiger partial charge in [-0.25, -0.2) is 9.97 Å². The predicted octanol–water partition coefficient (Wildman–Crippen LogP) is 4.76. The molecule has 25 heavy (non-hydrogen) atoms. The zero-order valence-electron chi connectivity index (χ0n) is 13.6. The number of amides is 1. The van der Waals surface area contributed by atoms with Crippen LogP contribution in [0.1, 0.15) is 39.3 Å². The van der Waals surface area contributed by atoms with Crippen LogP contribution in [0.5, 0.6) is 0 Å². The maximum atomic E-state index is 12.6. The number of ether oxygens (including phenoxy) is 1. The first-order valence-electron chi connectivity index (χ1n) is 8.07. The fourth-order valence-corrected chi connectivity index (χ4v) is 4.18. The molecule has 1 aromatic carbocycles. The van der Waals surface area contributed by atoms with E-state index >= 15 is 0 Å². The second kappa shape index (κ2) is 6.71. The number of pyridine rings is 1. The number of hydrogen-bond donors (Lipinski definition) is 1. The molecular formula is C18H16ClN3O2S. The number of carbonyl (C=O) groups is 1. The minimum absolute atomic E-state index is 0.0196. The number of carbonyl (C=O) groups excluding carboxylic acids is 1. The molecule has 1 unspecified atom stereocenters. The number of benzene rings is 1. The molecule has 1 aliphatic heterocycles. The van der Waals surface area contributed by atoms with Gasteiger partial charge in [-0.2, -0.15) is 0 Å². The lowest BCUT2D eigenvalue weighted by molar-refractivity contribution is 0.102. The second-order valence-corrected chi connectivity index (χ2v) is 7.36. The van der Waals surface area contributed by atoms with Gasteiger partial charge in [0, 0.05) is 17.0 Å². The molecule has 4 rings (SSSR count). The fraction of sp³-hybridized carbons (Fsp3) is 0.278. The van der Waals surface area contributed by atoms with Crippen LogP contribution in [-0.2, 0) is 4.74 Å². The Balaban J connectivity index is 1.57. The van der Waals surface area contributed by atoms with E-state index in [1.54, 1.807) is 6.07 Å². The molecular weight excluding hydrogens is 358 g/mol. The van der Waals surface area contributed by atoms with Crippen LogP contribution in [0.15, 0.2) is 30.3 Å². The highest BCUT2D eigenvalue weighted by atomic mass is 35.5. The monoisotopic (exact) mass is 373 g/mol. The molecule has 1 atom stereocenters. The molecule has 0 radical (unpaired) electrons. The summed E-state index contributed by atoms with van der Waals surface area (Å²) in [7, 11) is 0. The lowest BCUT2D eigenvalue weighted by Crippen LogP contribution is -2.12. The fourth-order valence-electron chi connectivity index (χ4n) is 2.90. The summed E-state index contributed by atoms with van der Waals surface area (Å²) >= 11 is 7.54. The Hall–Kier alpha value is -2.02. The van der Waals surface area contributed by atoms with Gasteiger partial charge in [-0.1, -0.05) is 17.7 Å². The SMILES string of the molecule is Cc1nc(C2CCCO2)sc1C(=O)Nc1ccc2c(Cl)cccc2n1. The van der Waals surface area contributed by atoms with E-state index in [-0.39, 0.29) is 12.0 Å². The Kier molecular flexibility index (Phi) is 4.41. The van der Waals surface area contributed by atoms with E-state index in [2.05, 4.69) is 15.3 Å². The number of fused-ring (bicyclic) bond motifs is 1. The van der Waals surface area contributed by atoms with Crippen LogP contribution in [0.2, 0.25) is 5.02 Å². The lowest BCUT2D eigenvalue weighted by atomic mass is 10.2. The van der Waals surface area contributed by atoms with Gasteiger partial charge in [0.1, 0.15) is 21.8 Å². The highest BCUT2D eigenvalue weighted by Gasteiger charge is 2.24. The van der Waals surface area contributed by atoms with Crippen molar-refractivity contribution in [3.05, 3.63) is 50.9 Å². The van der Waals surface area contributed by atoms with Gasteiger partial charge in [-0.05, 0) is 44.0 Å². The standard InChI is InChI=1S/C18H16ClN3O2S/c1-10-16(25-18(20-10)14-6-3-9-24-14)17(23)22-15-8-7-11-12(19)4-2-5-13(11)21-15/h2,4-5,7-8,14H,3,6,9H2,1H3,(H,21,22,23). The number of nitrogens with zero attached hydrogens (tertiary/aromatic N) is 2. The molecule has 1 saturated heterocycles. The van der Waals surface area contributed by atoms with Crippen LogP contribution in [-0.4, -0.2) is 22.5 Å². The summed E-state index contributed by atoms with van der Waals surface area (Å²) in [5.74, 6) is 0.291. The van der Waals surface area contributed by atoms with Crippen molar-refractivity contribution in [2.75, 3.05) is 11.9 Å². The summed E-state index contributed by atoms with van der Waals surface area (Å²) in [5.41, 5.74) is 1.46. The van der Waals surface area contributed by atoms with Crippen molar-refractivity contribution in [1.29, 1.82) is 0 Å². The quantitative estimate of drug-likeness (QED) is 0.719. The van der Waals surface area contributed by atoms with Gasteiger partial charge >= 0.3 is 0 Å². The van der Waals surface area contributed by atoms with Crippen LogP contribution >= 0.6 is 22.9 Å². The van der Waals surface area contributed by atoms with Crippen molar-refractivity contribution in [1.82, 2.24) is 9.97 Å². The summed E-state index contributed by atoms with van der Waals surface area (Å²) in [6.07, 6.45) is 2.02. The molecule has 0 aliphatic carbocycles. The van der Waals surface area contributed by atoms with Crippen LogP contribution < -0.4 is 5.32 Å². The van der Waals surface area contributed by atoms with E-state index in [1.165, 1.54) is 11.3 Å². The van der Waals surface area contributed by atoms with Crippen molar-refractivity contribution in [2.45, 2.75) is 25.9 Å². The molecule has 3 heterocycles. The Bertz CT molecular complexity index is 951. The molecule has 0 spiro atoms. The number of aromatic nitrogens is 2. The zero-order valence-corrected chi connectivity index (χ0v) is 15.2. The molecule has 0 saturated carbocycles. The minimum Gasteiger partial charge on any atom is -0.371 e. The zero-order chi connectivity index (χ0) is 17.4. The lowest BCUT2D eigenvalue weighted by Gasteiger charge is -2.06. The predicted molar refractivity (Wildman–Crippen MR) is 99.5 cm³/mol. The van der Waals surface area contributed by atoms with Gasteiger partial charge in [0.2, 0.25) is 0 Å². The maximum Gasteiger partial charge on any atom is 0.268 e. The van der Waals surface area contributed by atoms with Gasteiger partial charge in [0.25, 0.3) is 5.91 Å². The van der Waals surface area contributed by atoms with Crippen molar-refractivity contribution >= 4 is 45.6 Å². The van der Waals surface area contributed by atoms with Crippen LogP contribution in [0.3, 0.4) is 0 Å². The van der Waals surface area contributed by atoms with E-state index in [1.807, 2.05) is 31.2 Å². The molecule has 128 valence electrons. The van der Waals surface area contributed by atoms with Gasteiger partial charge in [0.05, 0.1) is 11.2 Å². The number of hydrogen-bond acceptors (Lipinski definition) is 5. The van der Waals surface area contributed by atoms with Crippen LogP contribution in [0.25, 0.3) is 10.9 Å². The largest absolute Gasteiger partial charge is 0.371 e. The summed E-state index contributed by atoms with van der Waals surface area (Å²) in [4.78, 5) is 22.2. The average molecular weight is 374 g/mol. The molecule has 3 aromatic rings. The van der Waals surface area contributed by atoms with E-state index in [0.29, 0.717) is 15.7 Å². The second-order valence-electron chi connectivity index (χ2n) is 5.93. The van der Waals surface area contributed by atoms with Crippen molar-refractivity contribution in [2.24, 2.45) is 0 Å². The third-order valence-electron chi connectivity index (χ3n) is 4.14. The van der Waals surface area contributed by atoms with Crippen LogP contribution in [0.4, 0.5) is 5.82 Å². The number of nitrogens with one attached hydrogen (secondary N) is 1. The molecule has 7 heteroatoms. The third-order valence-corrected chi connectivity index (χ3v) is 5.72. The molecule has 1 fully saturated rings. The van der Waals surface area contributed by atoms with E-state index < -0.39 is 0 Å². The topological polar surface area (TPSA) is 64.1 Å². The number of anilines is 1. The molecule has 1 N–H and O–H groups in total. The normalized spacial score (nSPS) is 17.1. The van der Waals surface area contributed by atoms with Gasteiger partial charge in [0.15, 0.2) is 0 Å². The molecule has 2 aromatic heterocycles. The number of rotatable bonds is 3. The molecule has 1 amide bonds. The smallest absolute Gasteiger partial charge is 0.268 e. The van der Waals surface area contributed by atoms with Crippen molar-refractivity contribution in [3.63, 3.8) is 0 Å². The number of halogens is 1. The van der Waals surface area contributed by atoms with E-state index in [0.717, 1.165) is 41.1 Å². The molecule has 5 nitrogen and oxygen atoms in total. The summed E-state index contributed by atoms with van der Waals surface area (Å²) in [6.45, 7) is 2.60. The molecule has 0 bridgehead atoms. The van der Waals surface area contributed by atoms with E-state index in [4.69, 9.17) is 16.3 Å². The van der Waals surface area contributed by atoms with E-state index in [9.17, 15) is 4.79 Å². The van der Waals surface area contributed by atoms with Crippen molar-refractivity contribution < 1.29 is 9.53 Å². The minimum atomic E-state index is -0.201. The Morgan fingerprint density at radius 3 is 3.00 bits per heavy atom. The Labute approximate surface area is 154 Å². The van der Waals surface area contributed by atoms with Crippen LogP contribution in [0, 0.1) is 6.92 Å². The number of thiazole rings is 1. The Morgan fingerprint density at radius 2 is 2.20 bits per heavy atom. The Morgan fingerprint density at radius 1 is 1.32 bits per heavy atom. The highest BCUT2D eigenvalue weighted by Crippen LogP contribution is 2.33. The summed E-state index contributed by atoms with van der Waals surface area (Å²) in [5, 5.41) is 5.22. The van der Waals surface area contributed by atoms with Gasteiger partial charge < -0.3 is 10.1 Å². The summed E-state index contributed by atoms with van der Waals surface area (Å²) in [6, 6.07) is 9.13.